The second-order valence-electron chi connectivity index (χ2n) is 8.36. The number of nitrogens with two attached hydrogens (primary N) is 1. The van der Waals surface area contributed by atoms with Crippen molar-refractivity contribution in [2.75, 3.05) is 5.32 Å². The summed E-state index contributed by atoms with van der Waals surface area (Å²) in [6, 6.07) is 18.8. The van der Waals surface area contributed by atoms with Gasteiger partial charge in [0.05, 0.1) is 10.5 Å². The van der Waals surface area contributed by atoms with E-state index in [0.29, 0.717) is 22.7 Å². The van der Waals surface area contributed by atoms with Gasteiger partial charge in [-0.25, -0.2) is 13.6 Å². The Hall–Kier alpha value is -3.16. The van der Waals surface area contributed by atoms with Crippen molar-refractivity contribution in [1.82, 2.24) is 0 Å². The van der Waals surface area contributed by atoms with E-state index in [1.807, 2.05) is 43.3 Å². The summed E-state index contributed by atoms with van der Waals surface area (Å²) >= 11 is 0. The van der Waals surface area contributed by atoms with Gasteiger partial charge in [0.2, 0.25) is 10.0 Å². The minimum absolute atomic E-state index is 0.0789. The highest BCUT2D eigenvalue weighted by atomic mass is 32.2. The van der Waals surface area contributed by atoms with Crippen molar-refractivity contribution in [3.63, 3.8) is 0 Å². The molecule has 0 aliphatic heterocycles. The molecule has 162 valence electrons. The van der Waals surface area contributed by atoms with Gasteiger partial charge in [0.25, 0.3) is 5.91 Å². The Bertz CT molecular complexity index is 1230. The normalized spacial score (nSPS) is 11.8. The topological polar surface area (TPSA) is 98.5 Å². The highest BCUT2D eigenvalue weighted by Gasteiger charge is 2.20. The van der Waals surface area contributed by atoms with Crippen LogP contribution in [0.1, 0.15) is 42.3 Å². The summed E-state index contributed by atoms with van der Waals surface area (Å²) in [6.07, 6.45) is 0. The van der Waals surface area contributed by atoms with Crippen LogP contribution in [0.15, 0.2) is 71.6 Å². The zero-order chi connectivity index (χ0) is 22.8. The quantitative estimate of drug-likeness (QED) is 0.587. The van der Waals surface area contributed by atoms with Gasteiger partial charge >= 0.3 is 0 Å². The lowest BCUT2D eigenvalue weighted by molar-refractivity contribution is 0.102. The molecule has 0 heterocycles. The summed E-state index contributed by atoms with van der Waals surface area (Å²) in [5.74, 6) is 0.649. The molecule has 3 rings (SSSR count). The third-order valence-electron chi connectivity index (χ3n) is 4.83. The molecule has 31 heavy (non-hydrogen) atoms. The molecule has 0 aliphatic carbocycles. The molecule has 0 bridgehead atoms. The smallest absolute Gasteiger partial charge is 0.259 e. The van der Waals surface area contributed by atoms with Crippen LogP contribution in [0.2, 0.25) is 0 Å². The van der Waals surface area contributed by atoms with Crippen LogP contribution in [0.3, 0.4) is 0 Å². The van der Waals surface area contributed by atoms with Gasteiger partial charge in [-0.05, 0) is 59.9 Å². The number of para-hydroxylation sites is 1. The first kappa shape index (κ1) is 22.5. The Morgan fingerprint density at radius 1 is 0.935 bits per heavy atom. The van der Waals surface area contributed by atoms with E-state index >= 15 is 0 Å². The minimum Gasteiger partial charge on any atom is -0.456 e. The lowest BCUT2D eigenvalue weighted by Gasteiger charge is -2.21. The average molecular weight is 439 g/mol. The maximum atomic E-state index is 13.1. The van der Waals surface area contributed by atoms with Gasteiger partial charge < -0.3 is 10.1 Å². The molecular weight excluding hydrogens is 412 g/mol. The number of nitrogens with one attached hydrogen (secondary N) is 1. The van der Waals surface area contributed by atoms with Crippen LogP contribution < -0.4 is 15.2 Å². The monoisotopic (exact) mass is 438 g/mol. The van der Waals surface area contributed by atoms with Crippen LogP contribution in [0.5, 0.6) is 11.5 Å². The summed E-state index contributed by atoms with van der Waals surface area (Å²) in [5.41, 5.74) is 2.47. The summed E-state index contributed by atoms with van der Waals surface area (Å²) in [4.78, 5) is 13.0. The molecule has 3 aromatic rings. The van der Waals surface area contributed by atoms with Crippen LogP contribution in [0.4, 0.5) is 5.69 Å². The number of ether oxygens (including phenoxy) is 1. The van der Waals surface area contributed by atoms with Crippen molar-refractivity contribution in [3.8, 4) is 11.5 Å². The number of hydrogen-bond donors (Lipinski definition) is 2. The number of rotatable bonds is 5. The molecule has 7 heteroatoms. The summed E-state index contributed by atoms with van der Waals surface area (Å²) < 4.78 is 29.3. The Morgan fingerprint density at radius 2 is 1.65 bits per heavy atom. The molecule has 1 amide bonds. The zero-order valence-electron chi connectivity index (χ0n) is 18.0. The number of primary sulfonamides is 1. The standard InChI is InChI=1S/C24H26N2O4S/c1-16-8-5-6-11-21(16)30-22-14-17(24(2,3)4)12-13-20(22)23(27)26-18-9-7-10-19(15-18)31(25,28)29/h5-15H,1-4H3,(H,26,27)(H2,25,28,29). The highest BCUT2D eigenvalue weighted by Crippen LogP contribution is 2.33. The Balaban J connectivity index is 1.99. The van der Waals surface area contributed by atoms with Crippen molar-refractivity contribution in [3.05, 3.63) is 83.4 Å². The maximum absolute atomic E-state index is 13.1. The minimum atomic E-state index is -3.88. The fourth-order valence-electron chi connectivity index (χ4n) is 3.00. The molecule has 3 aromatic carbocycles. The van der Waals surface area contributed by atoms with Gasteiger partial charge in [0.1, 0.15) is 11.5 Å². The number of amides is 1. The fraction of sp³-hybridized carbons (Fsp3) is 0.208. The van der Waals surface area contributed by atoms with Gasteiger partial charge in [0.15, 0.2) is 0 Å². The molecule has 0 spiro atoms. The molecule has 0 atom stereocenters. The molecule has 0 aromatic heterocycles. The van der Waals surface area contributed by atoms with Crippen molar-refractivity contribution >= 4 is 21.6 Å². The molecule has 3 N–H and O–H groups in total. The van der Waals surface area contributed by atoms with Crippen LogP contribution in [0, 0.1) is 6.92 Å². The Morgan fingerprint density at radius 3 is 2.29 bits per heavy atom. The van der Waals surface area contributed by atoms with Crippen LogP contribution in [0.25, 0.3) is 0 Å². The van der Waals surface area contributed by atoms with Crippen LogP contribution >= 0.6 is 0 Å². The molecule has 6 nitrogen and oxygen atoms in total. The lowest BCUT2D eigenvalue weighted by Crippen LogP contribution is -2.17. The second-order valence-corrected chi connectivity index (χ2v) is 9.92. The van der Waals surface area contributed by atoms with Crippen LogP contribution in [-0.4, -0.2) is 14.3 Å². The van der Waals surface area contributed by atoms with E-state index in [2.05, 4.69) is 26.1 Å². The molecule has 0 saturated heterocycles. The summed E-state index contributed by atoms with van der Waals surface area (Å²) in [6.45, 7) is 8.18. The van der Waals surface area contributed by atoms with E-state index < -0.39 is 15.9 Å². The molecule has 0 radical (unpaired) electrons. The molecule has 0 unspecified atom stereocenters. The summed E-state index contributed by atoms with van der Waals surface area (Å²) in [5, 5.41) is 7.92. The number of carbonyl (C=O) groups excluding carboxylic acids is 1. The zero-order valence-corrected chi connectivity index (χ0v) is 18.8. The predicted octanol–water partition coefficient (Wildman–Crippen LogP) is 4.98. The first-order chi connectivity index (χ1) is 14.4. The van der Waals surface area contributed by atoms with Crippen LogP contribution in [-0.2, 0) is 15.4 Å². The SMILES string of the molecule is Cc1ccccc1Oc1cc(C(C)(C)C)ccc1C(=O)Nc1cccc(S(N)(=O)=O)c1. The first-order valence-corrected chi connectivity index (χ1v) is 11.3. The first-order valence-electron chi connectivity index (χ1n) is 9.77. The second kappa shape index (κ2) is 8.53. The molecular formula is C24H26N2O4S. The van der Waals surface area contributed by atoms with Gasteiger partial charge in [-0.3, -0.25) is 4.79 Å². The van der Waals surface area contributed by atoms with Gasteiger partial charge in [-0.15, -0.1) is 0 Å². The van der Waals surface area contributed by atoms with Crippen molar-refractivity contribution in [2.45, 2.75) is 38.0 Å². The third kappa shape index (κ3) is 5.51. The Labute approximate surface area is 183 Å². The number of sulfonamides is 1. The Kier molecular flexibility index (Phi) is 6.20. The average Bonchev–Trinajstić information content (AvgIpc) is 2.68. The van der Waals surface area contributed by atoms with E-state index in [9.17, 15) is 13.2 Å². The van der Waals surface area contributed by atoms with E-state index in [4.69, 9.17) is 9.88 Å². The lowest BCUT2D eigenvalue weighted by atomic mass is 9.86. The third-order valence-corrected chi connectivity index (χ3v) is 5.74. The predicted molar refractivity (Wildman–Crippen MR) is 122 cm³/mol. The number of anilines is 1. The largest absolute Gasteiger partial charge is 0.456 e. The number of hydrogen-bond acceptors (Lipinski definition) is 4. The van der Waals surface area contributed by atoms with Crippen molar-refractivity contribution in [1.29, 1.82) is 0 Å². The van der Waals surface area contributed by atoms with Crippen molar-refractivity contribution < 1.29 is 17.9 Å². The molecule has 0 fully saturated rings. The van der Waals surface area contributed by atoms with E-state index in [0.717, 1.165) is 11.1 Å². The fourth-order valence-corrected chi connectivity index (χ4v) is 3.56. The van der Waals surface area contributed by atoms with Gasteiger partial charge in [-0.1, -0.05) is 51.1 Å². The highest BCUT2D eigenvalue weighted by molar-refractivity contribution is 7.89. The summed E-state index contributed by atoms with van der Waals surface area (Å²) in [7, 11) is -3.88. The number of benzene rings is 3. The van der Waals surface area contributed by atoms with E-state index in [-0.39, 0.29) is 10.3 Å². The molecule has 0 saturated carbocycles. The maximum Gasteiger partial charge on any atom is 0.259 e. The molecule has 0 aliphatic rings. The number of aryl methyl sites for hydroxylation is 1. The number of carbonyl (C=O) groups is 1. The van der Waals surface area contributed by atoms with Gasteiger partial charge in [0, 0.05) is 5.69 Å². The van der Waals surface area contributed by atoms with Crippen molar-refractivity contribution in [2.24, 2.45) is 5.14 Å². The van der Waals surface area contributed by atoms with E-state index in [1.54, 1.807) is 12.1 Å². The van der Waals surface area contributed by atoms with Gasteiger partial charge in [-0.2, -0.15) is 0 Å². The van der Waals surface area contributed by atoms with E-state index in [1.165, 1.54) is 18.2 Å².